The summed E-state index contributed by atoms with van der Waals surface area (Å²) in [5.74, 6) is -0.163. The summed E-state index contributed by atoms with van der Waals surface area (Å²) in [6.07, 6.45) is 0. The van der Waals surface area contributed by atoms with Crippen LogP contribution in [0.2, 0.25) is 0 Å². The molecule has 0 aliphatic rings. The summed E-state index contributed by atoms with van der Waals surface area (Å²) in [6, 6.07) is 5.27. The molecule has 1 aromatic rings. The molecule has 0 bridgehead atoms. The van der Waals surface area contributed by atoms with E-state index >= 15 is 0 Å². The molecule has 0 saturated carbocycles. The number of anilines is 1. The summed E-state index contributed by atoms with van der Waals surface area (Å²) in [5, 5.41) is 2.85. The fourth-order valence-electron chi connectivity index (χ4n) is 1.34. The van der Waals surface area contributed by atoms with Gasteiger partial charge in [0.05, 0.1) is 11.7 Å². The molecule has 17 heavy (non-hydrogen) atoms. The predicted molar refractivity (Wildman–Crippen MR) is 74.9 cm³/mol. The van der Waals surface area contributed by atoms with E-state index in [0.717, 1.165) is 15.7 Å². The highest BCUT2D eigenvalue weighted by molar-refractivity contribution is 9.10. The molecule has 0 aliphatic carbocycles. The smallest absolute Gasteiger partial charge is 0.241 e. The minimum Gasteiger partial charge on any atom is -0.324 e. The Balaban J connectivity index is 2.85. The van der Waals surface area contributed by atoms with Crippen LogP contribution in [0.25, 0.3) is 0 Å². The monoisotopic (exact) mass is 298 g/mol. The molecule has 1 atom stereocenters. The number of amides is 1. The fourth-order valence-corrected chi connectivity index (χ4v) is 1.68. The van der Waals surface area contributed by atoms with E-state index in [2.05, 4.69) is 21.2 Å². The van der Waals surface area contributed by atoms with Gasteiger partial charge < -0.3 is 11.1 Å². The lowest BCUT2D eigenvalue weighted by Gasteiger charge is -2.26. The van der Waals surface area contributed by atoms with Crippen molar-refractivity contribution in [3.05, 3.63) is 28.2 Å². The normalized spacial score (nSPS) is 13.3. The van der Waals surface area contributed by atoms with Gasteiger partial charge in [0.25, 0.3) is 0 Å². The fraction of sp³-hybridized carbons (Fsp3) is 0.462. The quantitative estimate of drug-likeness (QED) is 0.881. The van der Waals surface area contributed by atoms with Gasteiger partial charge in [0.1, 0.15) is 0 Å². The first-order valence-corrected chi connectivity index (χ1v) is 6.33. The topological polar surface area (TPSA) is 55.1 Å². The van der Waals surface area contributed by atoms with Crippen LogP contribution < -0.4 is 11.1 Å². The van der Waals surface area contributed by atoms with Gasteiger partial charge in [0.15, 0.2) is 0 Å². The van der Waals surface area contributed by atoms with Crippen molar-refractivity contribution in [2.45, 2.75) is 33.7 Å². The number of carbonyl (C=O) groups is 1. The van der Waals surface area contributed by atoms with Crippen LogP contribution in [-0.4, -0.2) is 11.9 Å². The van der Waals surface area contributed by atoms with E-state index in [9.17, 15) is 4.79 Å². The van der Waals surface area contributed by atoms with E-state index in [-0.39, 0.29) is 11.3 Å². The molecule has 1 unspecified atom stereocenters. The minimum atomic E-state index is -0.532. The van der Waals surface area contributed by atoms with Gasteiger partial charge in [0.2, 0.25) is 5.91 Å². The molecule has 0 fully saturated rings. The minimum absolute atomic E-state index is 0.163. The number of nitrogens with two attached hydrogens (primary N) is 1. The van der Waals surface area contributed by atoms with Crippen molar-refractivity contribution in [2.75, 3.05) is 5.32 Å². The SMILES string of the molecule is Cc1ccc(Br)c(NC(=O)C(N)C(C)(C)C)c1. The van der Waals surface area contributed by atoms with Crippen molar-refractivity contribution in [3.8, 4) is 0 Å². The first-order valence-electron chi connectivity index (χ1n) is 5.54. The number of benzene rings is 1. The van der Waals surface area contributed by atoms with Crippen molar-refractivity contribution in [1.82, 2.24) is 0 Å². The lowest BCUT2D eigenvalue weighted by Crippen LogP contribution is -2.45. The van der Waals surface area contributed by atoms with Crippen LogP contribution >= 0.6 is 15.9 Å². The summed E-state index contributed by atoms with van der Waals surface area (Å²) in [7, 11) is 0. The highest BCUT2D eigenvalue weighted by atomic mass is 79.9. The lowest BCUT2D eigenvalue weighted by molar-refractivity contribution is -0.119. The molecule has 0 aromatic heterocycles. The van der Waals surface area contributed by atoms with Gasteiger partial charge in [-0.2, -0.15) is 0 Å². The van der Waals surface area contributed by atoms with E-state index in [1.807, 2.05) is 45.9 Å². The molecule has 0 spiro atoms. The maximum atomic E-state index is 12.0. The maximum Gasteiger partial charge on any atom is 0.241 e. The van der Waals surface area contributed by atoms with Crippen LogP contribution in [0.1, 0.15) is 26.3 Å². The third-order valence-corrected chi connectivity index (χ3v) is 3.29. The number of aryl methyl sites for hydroxylation is 1. The van der Waals surface area contributed by atoms with Crippen molar-refractivity contribution in [3.63, 3.8) is 0 Å². The molecular formula is C13H19BrN2O. The van der Waals surface area contributed by atoms with Gasteiger partial charge in [-0.15, -0.1) is 0 Å². The molecule has 1 rings (SSSR count). The van der Waals surface area contributed by atoms with E-state index < -0.39 is 6.04 Å². The molecule has 3 N–H and O–H groups in total. The average Bonchev–Trinajstić information content (AvgIpc) is 2.21. The summed E-state index contributed by atoms with van der Waals surface area (Å²) in [6.45, 7) is 7.82. The van der Waals surface area contributed by atoms with Gasteiger partial charge in [-0.3, -0.25) is 4.79 Å². The Bertz CT molecular complexity index is 424. The molecule has 3 nitrogen and oxygen atoms in total. The van der Waals surface area contributed by atoms with Crippen LogP contribution in [0, 0.1) is 12.3 Å². The number of carbonyl (C=O) groups excluding carboxylic acids is 1. The van der Waals surface area contributed by atoms with Gasteiger partial charge in [0, 0.05) is 4.47 Å². The van der Waals surface area contributed by atoms with Crippen LogP contribution in [0.5, 0.6) is 0 Å². The van der Waals surface area contributed by atoms with Crippen LogP contribution in [0.3, 0.4) is 0 Å². The van der Waals surface area contributed by atoms with Crippen molar-refractivity contribution in [2.24, 2.45) is 11.1 Å². The average molecular weight is 299 g/mol. The van der Waals surface area contributed by atoms with Gasteiger partial charge >= 0.3 is 0 Å². The third kappa shape index (κ3) is 3.82. The zero-order chi connectivity index (χ0) is 13.2. The Hall–Kier alpha value is -0.870. The van der Waals surface area contributed by atoms with Gasteiger partial charge in [-0.25, -0.2) is 0 Å². The Labute approximate surface area is 111 Å². The second kappa shape index (κ2) is 5.19. The molecular weight excluding hydrogens is 280 g/mol. The third-order valence-electron chi connectivity index (χ3n) is 2.60. The lowest BCUT2D eigenvalue weighted by atomic mass is 9.87. The summed E-state index contributed by atoms with van der Waals surface area (Å²) in [5.41, 5.74) is 7.50. The van der Waals surface area contributed by atoms with Gasteiger partial charge in [-0.05, 0) is 46.0 Å². The highest BCUT2D eigenvalue weighted by Gasteiger charge is 2.27. The zero-order valence-corrected chi connectivity index (χ0v) is 12.3. The first-order chi connectivity index (χ1) is 7.71. The summed E-state index contributed by atoms with van der Waals surface area (Å²) >= 11 is 3.40. The van der Waals surface area contributed by atoms with E-state index in [1.54, 1.807) is 0 Å². The zero-order valence-electron chi connectivity index (χ0n) is 10.7. The highest BCUT2D eigenvalue weighted by Crippen LogP contribution is 2.25. The number of rotatable bonds is 2. The second-order valence-corrected chi connectivity index (χ2v) is 6.17. The summed E-state index contributed by atoms with van der Waals surface area (Å²) < 4.78 is 0.859. The van der Waals surface area contributed by atoms with Crippen molar-refractivity contribution in [1.29, 1.82) is 0 Å². The molecule has 94 valence electrons. The Kier molecular flexibility index (Phi) is 4.33. The van der Waals surface area contributed by atoms with Crippen LogP contribution in [0.4, 0.5) is 5.69 Å². The van der Waals surface area contributed by atoms with Gasteiger partial charge in [-0.1, -0.05) is 26.8 Å². The largest absolute Gasteiger partial charge is 0.324 e. The van der Waals surface area contributed by atoms with Crippen molar-refractivity contribution >= 4 is 27.5 Å². The molecule has 0 radical (unpaired) electrons. The number of nitrogens with one attached hydrogen (secondary N) is 1. The second-order valence-electron chi connectivity index (χ2n) is 5.32. The molecule has 4 heteroatoms. The Morgan fingerprint density at radius 1 is 1.41 bits per heavy atom. The first kappa shape index (κ1) is 14.2. The van der Waals surface area contributed by atoms with Crippen LogP contribution in [0.15, 0.2) is 22.7 Å². The number of hydrogen-bond acceptors (Lipinski definition) is 2. The molecule has 0 heterocycles. The Morgan fingerprint density at radius 2 is 2.00 bits per heavy atom. The van der Waals surface area contributed by atoms with Crippen molar-refractivity contribution < 1.29 is 4.79 Å². The number of hydrogen-bond donors (Lipinski definition) is 2. The predicted octanol–water partition coefficient (Wildman–Crippen LogP) is 3.07. The van der Waals surface area contributed by atoms with E-state index in [4.69, 9.17) is 5.73 Å². The standard InChI is InChI=1S/C13H19BrN2O/c1-8-5-6-9(14)10(7-8)16-12(17)11(15)13(2,3)4/h5-7,11H,15H2,1-4H3,(H,16,17). The molecule has 0 aliphatic heterocycles. The summed E-state index contributed by atoms with van der Waals surface area (Å²) in [4.78, 5) is 12.0. The number of halogens is 1. The van der Waals surface area contributed by atoms with Crippen LogP contribution in [-0.2, 0) is 4.79 Å². The molecule has 1 amide bonds. The van der Waals surface area contributed by atoms with E-state index in [1.165, 1.54) is 0 Å². The molecule has 1 aromatic carbocycles. The maximum absolute atomic E-state index is 12.0. The Morgan fingerprint density at radius 3 is 2.53 bits per heavy atom. The van der Waals surface area contributed by atoms with E-state index in [0.29, 0.717) is 0 Å². The molecule has 0 saturated heterocycles.